The number of halogens is 1. The molecule has 0 saturated carbocycles. The molecule has 1 fully saturated rings. The lowest BCUT2D eigenvalue weighted by molar-refractivity contribution is 0.0705. The summed E-state index contributed by atoms with van der Waals surface area (Å²) in [5.41, 5.74) is 2.04. The van der Waals surface area contributed by atoms with E-state index in [0.29, 0.717) is 18.3 Å². The van der Waals surface area contributed by atoms with Crippen molar-refractivity contribution < 1.29 is 13.7 Å². The molecule has 3 aromatic rings. The quantitative estimate of drug-likeness (QED) is 0.711. The maximum Gasteiger partial charge on any atom is 0.257 e. The van der Waals surface area contributed by atoms with Crippen molar-refractivity contribution in [1.29, 1.82) is 0 Å². The second-order valence-electron chi connectivity index (χ2n) is 6.46. The number of hydrogen-bond acceptors (Lipinski definition) is 4. The summed E-state index contributed by atoms with van der Waals surface area (Å²) in [6, 6.07) is 13.5. The van der Waals surface area contributed by atoms with E-state index in [1.54, 1.807) is 17.0 Å². The minimum absolute atomic E-state index is 0.0674. The van der Waals surface area contributed by atoms with Gasteiger partial charge in [0.25, 0.3) is 5.91 Å². The van der Waals surface area contributed by atoms with E-state index in [0.717, 1.165) is 24.0 Å². The summed E-state index contributed by atoms with van der Waals surface area (Å²) in [6.45, 7) is 2.54. The number of likely N-dealkylation sites (tertiary alicyclic amines) is 1. The molecule has 1 aliphatic rings. The highest BCUT2D eigenvalue weighted by Gasteiger charge is 2.35. The SMILES string of the molecule is Cc1cccc(-c2noc([C@H]3CCCN3C(=O)c3ccccc3F)n2)c1. The second-order valence-corrected chi connectivity index (χ2v) is 6.46. The van der Waals surface area contributed by atoms with E-state index in [1.165, 1.54) is 12.1 Å². The Balaban J connectivity index is 1.61. The summed E-state index contributed by atoms with van der Waals surface area (Å²) in [4.78, 5) is 18.9. The lowest BCUT2D eigenvalue weighted by atomic mass is 10.1. The molecule has 0 spiro atoms. The molecule has 0 radical (unpaired) electrons. The highest BCUT2D eigenvalue weighted by atomic mass is 19.1. The van der Waals surface area contributed by atoms with Crippen LogP contribution in [0.3, 0.4) is 0 Å². The topological polar surface area (TPSA) is 59.2 Å². The predicted molar refractivity (Wildman–Crippen MR) is 93.9 cm³/mol. The van der Waals surface area contributed by atoms with Crippen LogP contribution in [0.25, 0.3) is 11.4 Å². The third-order valence-corrected chi connectivity index (χ3v) is 4.62. The van der Waals surface area contributed by atoms with Crippen molar-refractivity contribution >= 4 is 5.91 Å². The van der Waals surface area contributed by atoms with Gasteiger partial charge in [0.05, 0.1) is 5.56 Å². The monoisotopic (exact) mass is 351 g/mol. The largest absolute Gasteiger partial charge is 0.337 e. The van der Waals surface area contributed by atoms with Crippen LogP contribution in [0.15, 0.2) is 53.1 Å². The van der Waals surface area contributed by atoms with Gasteiger partial charge in [-0.3, -0.25) is 4.79 Å². The summed E-state index contributed by atoms with van der Waals surface area (Å²) in [6.07, 6.45) is 1.53. The average Bonchev–Trinajstić information content (AvgIpc) is 3.31. The average molecular weight is 351 g/mol. The standard InChI is InChI=1S/C20H18FN3O2/c1-13-6-4-7-14(12-13)18-22-19(26-23-18)17-10-5-11-24(17)20(25)15-8-2-3-9-16(15)21/h2-4,6-9,12,17H,5,10-11H2,1H3/t17-/m1/s1. The Kier molecular flexibility index (Phi) is 4.24. The lowest BCUT2D eigenvalue weighted by Crippen LogP contribution is -2.31. The molecule has 2 aromatic carbocycles. The fourth-order valence-corrected chi connectivity index (χ4v) is 3.33. The van der Waals surface area contributed by atoms with E-state index < -0.39 is 5.82 Å². The summed E-state index contributed by atoms with van der Waals surface area (Å²) in [7, 11) is 0. The number of amides is 1. The highest BCUT2D eigenvalue weighted by Crippen LogP contribution is 2.33. The van der Waals surface area contributed by atoms with Gasteiger partial charge in [0, 0.05) is 12.1 Å². The first-order valence-electron chi connectivity index (χ1n) is 8.59. The van der Waals surface area contributed by atoms with Gasteiger partial charge in [-0.05, 0) is 38.0 Å². The van der Waals surface area contributed by atoms with Crippen LogP contribution in [0.2, 0.25) is 0 Å². The van der Waals surface area contributed by atoms with E-state index in [1.807, 2.05) is 31.2 Å². The zero-order valence-electron chi connectivity index (χ0n) is 14.4. The van der Waals surface area contributed by atoms with Gasteiger partial charge in [-0.25, -0.2) is 4.39 Å². The van der Waals surface area contributed by atoms with Crippen LogP contribution >= 0.6 is 0 Å². The van der Waals surface area contributed by atoms with Crippen LogP contribution < -0.4 is 0 Å². The van der Waals surface area contributed by atoms with Gasteiger partial charge in [-0.15, -0.1) is 0 Å². The molecule has 1 aliphatic heterocycles. The Bertz CT molecular complexity index is 953. The van der Waals surface area contributed by atoms with Crippen LogP contribution in [0.5, 0.6) is 0 Å². The molecule has 26 heavy (non-hydrogen) atoms. The molecule has 6 heteroatoms. The van der Waals surface area contributed by atoms with Crippen LogP contribution in [0.1, 0.15) is 40.7 Å². The van der Waals surface area contributed by atoms with Crippen molar-refractivity contribution in [3.05, 3.63) is 71.4 Å². The first-order chi connectivity index (χ1) is 12.6. The van der Waals surface area contributed by atoms with E-state index in [4.69, 9.17) is 4.52 Å². The Morgan fingerprint density at radius 1 is 1.23 bits per heavy atom. The number of rotatable bonds is 3. The van der Waals surface area contributed by atoms with Crippen molar-refractivity contribution in [2.75, 3.05) is 6.54 Å². The maximum absolute atomic E-state index is 14.0. The summed E-state index contributed by atoms with van der Waals surface area (Å²) >= 11 is 0. The zero-order valence-corrected chi connectivity index (χ0v) is 14.4. The normalized spacial score (nSPS) is 16.8. The molecular weight excluding hydrogens is 333 g/mol. The minimum Gasteiger partial charge on any atom is -0.337 e. The van der Waals surface area contributed by atoms with Crippen molar-refractivity contribution in [2.24, 2.45) is 0 Å². The van der Waals surface area contributed by atoms with E-state index in [2.05, 4.69) is 10.1 Å². The molecule has 132 valence electrons. The van der Waals surface area contributed by atoms with E-state index >= 15 is 0 Å². The third kappa shape index (κ3) is 2.98. The van der Waals surface area contributed by atoms with Gasteiger partial charge in [0.1, 0.15) is 11.9 Å². The molecule has 4 rings (SSSR count). The molecule has 0 N–H and O–H groups in total. The van der Waals surface area contributed by atoms with Gasteiger partial charge in [0.2, 0.25) is 11.7 Å². The Morgan fingerprint density at radius 2 is 2.08 bits per heavy atom. The number of aromatic nitrogens is 2. The number of hydrogen-bond donors (Lipinski definition) is 0. The number of carbonyl (C=O) groups is 1. The molecule has 0 unspecified atom stereocenters. The third-order valence-electron chi connectivity index (χ3n) is 4.62. The second kappa shape index (κ2) is 6.71. The smallest absolute Gasteiger partial charge is 0.257 e. The molecule has 1 amide bonds. The number of benzene rings is 2. The highest BCUT2D eigenvalue weighted by molar-refractivity contribution is 5.94. The Labute approximate surface area is 150 Å². The van der Waals surface area contributed by atoms with Crippen LogP contribution in [-0.2, 0) is 0 Å². The molecule has 1 aromatic heterocycles. The van der Waals surface area contributed by atoms with Gasteiger partial charge < -0.3 is 9.42 Å². The summed E-state index contributed by atoms with van der Waals surface area (Å²) < 4.78 is 19.4. The molecule has 2 heterocycles. The van der Waals surface area contributed by atoms with Crippen molar-refractivity contribution in [2.45, 2.75) is 25.8 Å². The molecule has 5 nitrogen and oxygen atoms in total. The van der Waals surface area contributed by atoms with Gasteiger partial charge in [0.15, 0.2) is 0 Å². The van der Waals surface area contributed by atoms with Crippen molar-refractivity contribution in [3.8, 4) is 11.4 Å². The van der Waals surface area contributed by atoms with Crippen LogP contribution in [0.4, 0.5) is 4.39 Å². The molecule has 1 atom stereocenters. The van der Waals surface area contributed by atoms with Crippen LogP contribution in [-0.4, -0.2) is 27.5 Å². The fourth-order valence-electron chi connectivity index (χ4n) is 3.33. The number of carbonyl (C=O) groups excluding carboxylic acids is 1. The summed E-state index contributed by atoms with van der Waals surface area (Å²) in [5, 5.41) is 4.06. The molecule has 1 saturated heterocycles. The zero-order chi connectivity index (χ0) is 18.1. The maximum atomic E-state index is 14.0. The van der Waals surface area contributed by atoms with E-state index in [-0.39, 0.29) is 17.5 Å². The van der Waals surface area contributed by atoms with Crippen molar-refractivity contribution in [3.63, 3.8) is 0 Å². The molecular formula is C20H18FN3O2. The molecule has 0 aliphatic carbocycles. The van der Waals surface area contributed by atoms with Crippen molar-refractivity contribution in [1.82, 2.24) is 15.0 Å². The van der Waals surface area contributed by atoms with Crippen LogP contribution in [0, 0.1) is 12.7 Å². The predicted octanol–water partition coefficient (Wildman–Crippen LogP) is 4.16. The number of nitrogens with zero attached hydrogens (tertiary/aromatic N) is 3. The van der Waals surface area contributed by atoms with Gasteiger partial charge in [-0.2, -0.15) is 4.98 Å². The van der Waals surface area contributed by atoms with Gasteiger partial charge in [-0.1, -0.05) is 41.1 Å². The minimum atomic E-state index is -0.519. The first kappa shape index (κ1) is 16.4. The molecule has 0 bridgehead atoms. The Hall–Kier alpha value is -3.02. The van der Waals surface area contributed by atoms with Gasteiger partial charge >= 0.3 is 0 Å². The fraction of sp³-hybridized carbons (Fsp3) is 0.250. The Morgan fingerprint density at radius 3 is 2.88 bits per heavy atom. The first-order valence-corrected chi connectivity index (χ1v) is 8.59. The number of aryl methyl sites for hydroxylation is 1. The lowest BCUT2D eigenvalue weighted by Gasteiger charge is -2.22. The summed E-state index contributed by atoms with van der Waals surface area (Å²) in [5.74, 6) is 0.0209. The van der Waals surface area contributed by atoms with E-state index in [9.17, 15) is 9.18 Å².